The fraction of sp³-hybridized carbons (Fsp3) is 0.417. The highest BCUT2D eigenvalue weighted by atomic mass is 32.2. The van der Waals surface area contributed by atoms with Crippen LogP contribution in [-0.2, 0) is 48.8 Å². The summed E-state index contributed by atoms with van der Waals surface area (Å²) in [4.78, 5) is 4.80. The van der Waals surface area contributed by atoms with Crippen molar-refractivity contribution >= 4 is 50.9 Å². The van der Waals surface area contributed by atoms with Crippen molar-refractivity contribution in [2.24, 2.45) is 0 Å². The smallest absolute Gasteiger partial charge is 0.371 e. The van der Waals surface area contributed by atoms with Crippen molar-refractivity contribution in [3.05, 3.63) is 71.7 Å². The van der Waals surface area contributed by atoms with Crippen molar-refractivity contribution in [2.75, 3.05) is 11.5 Å². The summed E-state index contributed by atoms with van der Waals surface area (Å²) in [5.41, 5.74) is 17.9. The molecule has 0 aliphatic heterocycles. The molecule has 0 unspecified atom stereocenters. The molecule has 0 bridgehead atoms. The first-order valence-corrected chi connectivity index (χ1v) is 18.9. The molecule has 0 aromatic heterocycles. The highest BCUT2D eigenvalue weighted by Crippen LogP contribution is 2.16. The summed E-state index contributed by atoms with van der Waals surface area (Å²) in [6.07, 6.45) is 3.75. The molecule has 0 amide bonds. The Labute approximate surface area is 256 Å². The number of hydrogen-bond acceptors (Lipinski definition) is 12. The van der Waals surface area contributed by atoms with Gasteiger partial charge in [0.15, 0.2) is 0 Å². The maximum atomic E-state index is 12.2. The number of rotatable bonds is 17. The van der Waals surface area contributed by atoms with E-state index in [0.29, 0.717) is 38.5 Å². The Morgan fingerprint density at radius 1 is 0.500 bits per heavy atom. The lowest BCUT2D eigenvalue weighted by molar-refractivity contribution is -0.0209. The van der Waals surface area contributed by atoms with Crippen LogP contribution < -0.4 is 8.37 Å². The molecule has 242 valence electrons. The fourth-order valence-corrected chi connectivity index (χ4v) is 7.56. The molecule has 0 aliphatic rings. The van der Waals surface area contributed by atoms with Gasteiger partial charge in [0.05, 0.1) is 11.5 Å². The van der Waals surface area contributed by atoms with Crippen LogP contribution in [0.25, 0.3) is 11.1 Å². The van der Waals surface area contributed by atoms with Crippen LogP contribution in [0, 0.1) is 0 Å². The standard InChI is InChI=1S/C24H30N4O12S4/c25-27-23(43(33,34)37-21-15-9-7-10-16-21)39-41(29,30)19-13-5-3-1-2-4-6-14-20-42(31,32)40-24(28-26)44(35,36)38-22-17-11-8-12-18-22/h7-12,15-18H,1-6,13-14,19-20H2. The predicted molar refractivity (Wildman–Crippen MR) is 156 cm³/mol. The molecule has 2 aromatic rings. The summed E-state index contributed by atoms with van der Waals surface area (Å²) >= 11 is 0. The average molecular weight is 695 g/mol. The van der Waals surface area contributed by atoms with Gasteiger partial charge in [-0.3, -0.25) is 8.37 Å². The number of nitrogens with zero attached hydrogens (tertiary/aromatic N) is 4. The Morgan fingerprint density at radius 3 is 1.09 bits per heavy atom. The third-order valence-electron chi connectivity index (χ3n) is 5.42. The fourth-order valence-electron chi connectivity index (χ4n) is 3.41. The molecule has 20 heteroatoms. The van der Waals surface area contributed by atoms with E-state index in [9.17, 15) is 33.7 Å². The lowest BCUT2D eigenvalue weighted by Crippen LogP contribution is -2.28. The van der Waals surface area contributed by atoms with Gasteiger partial charge in [0, 0.05) is 0 Å². The van der Waals surface area contributed by atoms with Crippen molar-refractivity contribution in [3.8, 4) is 11.5 Å². The van der Waals surface area contributed by atoms with E-state index in [1.54, 1.807) is 12.1 Å². The van der Waals surface area contributed by atoms with Gasteiger partial charge in [0.1, 0.15) is 11.5 Å². The van der Waals surface area contributed by atoms with Gasteiger partial charge in [-0.05, 0) is 37.1 Å². The largest absolute Gasteiger partial charge is 0.624 e. The van der Waals surface area contributed by atoms with E-state index in [1.807, 2.05) is 0 Å². The summed E-state index contributed by atoms with van der Waals surface area (Å²) in [5.74, 6) is -1.38. The molecule has 0 N–H and O–H groups in total. The van der Waals surface area contributed by atoms with E-state index >= 15 is 0 Å². The van der Waals surface area contributed by atoms with Crippen molar-refractivity contribution in [1.82, 2.24) is 0 Å². The quantitative estimate of drug-likeness (QED) is 0.0579. The highest BCUT2D eigenvalue weighted by Gasteiger charge is 2.39. The van der Waals surface area contributed by atoms with Gasteiger partial charge >= 0.3 is 50.9 Å². The van der Waals surface area contributed by atoms with E-state index < -0.39 is 62.4 Å². The van der Waals surface area contributed by atoms with Crippen molar-refractivity contribution in [2.45, 2.75) is 51.4 Å². The maximum absolute atomic E-state index is 12.2. The van der Waals surface area contributed by atoms with Gasteiger partial charge < -0.3 is 19.4 Å². The van der Waals surface area contributed by atoms with Crippen LogP contribution in [-0.4, -0.2) is 65.2 Å². The van der Waals surface area contributed by atoms with Gasteiger partial charge in [-0.2, -0.15) is 33.7 Å². The zero-order valence-corrected chi connectivity index (χ0v) is 26.4. The Kier molecular flexibility index (Phi) is 14.0. The molecule has 0 aliphatic carbocycles. The van der Waals surface area contributed by atoms with E-state index in [-0.39, 0.29) is 24.3 Å². The van der Waals surface area contributed by atoms with Gasteiger partial charge in [0.25, 0.3) is 0 Å². The second kappa shape index (κ2) is 16.9. The molecular weight excluding hydrogens is 665 g/mol. The first kappa shape index (κ1) is 36.4. The third kappa shape index (κ3) is 13.2. The first-order valence-electron chi connectivity index (χ1n) is 13.0. The Balaban J connectivity index is 1.64. The summed E-state index contributed by atoms with van der Waals surface area (Å²) in [5, 5.41) is -3.04. The molecule has 0 heterocycles. The molecule has 16 nitrogen and oxygen atoms in total. The van der Waals surface area contributed by atoms with Gasteiger partial charge in [-0.1, -0.05) is 74.9 Å². The molecule has 2 aromatic carbocycles. The van der Waals surface area contributed by atoms with Crippen LogP contribution >= 0.6 is 0 Å². The zero-order chi connectivity index (χ0) is 32.7. The van der Waals surface area contributed by atoms with Gasteiger partial charge in [-0.15, -0.1) is 9.58 Å². The molecule has 0 atom stereocenters. The lowest BCUT2D eigenvalue weighted by atomic mass is 10.1. The number of unbranched alkanes of at least 4 members (excludes halogenated alkanes) is 7. The Bertz CT molecular complexity index is 1640. The van der Waals surface area contributed by atoms with Crippen LogP contribution in [0.5, 0.6) is 11.5 Å². The minimum Gasteiger partial charge on any atom is -0.371 e. The van der Waals surface area contributed by atoms with E-state index in [1.165, 1.54) is 48.5 Å². The second-order valence-electron chi connectivity index (χ2n) is 8.95. The van der Waals surface area contributed by atoms with Crippen molar-refractivity contribution in [1.29, 1.82) is 0 Å². The van der Waals surface area contributed by atoms with Crippen LogP contribution in [0.3, 0.4) is 0 Å². The number of hydrogen-bond donors (Lipinski definition) is 0. The summed E-state index contributed by atoms with van der Waals surface area (Å²) in [7, 11) is -18.5. The number of benzene rings is 2. The molecule has 0 saturated carbocycles. The predicted octanol–water partition coefficient (Wildman–Crippen LogP) is 2.79. The molecule has 0 saturated heterocycles. The molecule has 0 radical (unpaired) electrons. The molecule has 0 fully saturated rings. The lowest BCUT2D eigenvalue weighted by Gasteiger charge is -2.06. The highest BCUT2D eigenvalue weighted by molar-refractivity contribution is 8.03. The SMILES string of the molecule is [N-]=[N+]=C(OS(=O)(=O)CCCCCCCCCCS(=O)(=O)OC(=[N+]=[N-])S(=O)(=O)Oc1ccccc1)S(=O)(=O)Oc1ccccc1. The van der Waals surface area contributed by atoms with Gasteiger partial charge in [0.2, 0.25) is 0 Å². The van der Waals surface area contributed by atoms with E-state index in [2.05, 4.69) is 26.3 Å². The van der Waals surface area contributed by atoms with Crippen molar-refractivity contribution in [3.63, 3.8) is 0 Å². The molecule has 2 rings (SSSR count). The molecular formula is C24H30N4O12S4. The van der Waals surface area contributed by atoms with Crippen LogP contribution in [0.2, 0.25) is 0 Å². The Morgan fingerprint density at radius 2 is 0.795 bits per heavy atom. The topological polar surface area (TPSA) is 246 Å². The minimum absolute atomic E-state index is 0.127. The maximum Gasteiger partial charge on any atom is 0.624 e. The van der Waals surface area contributed by atoms with Crippen LogP contribution in [0.1, 0.15) is 51.4 Å². The van der Waals surface area contributed by atoms with Crippen LogP contribution in [0.4, 0.5) is 0 Å². The van der Waals surface area contributed by atoms with Gasteiger partial charge in [-0.25, -0.2) is 0 Å². The zero-order valence-electron chi connectivity index (χ0n) is 23.2. The number of para-hydroxylation sites is 2. The summed E-state index contributed by atoms with van der Waals surface area (Å²) in [6, 6.07) is 14.3. The van der Waals surface area contributed by atoms with Crippen LogP contribution in [0.15, 0.2) is 60.7 Å². The molecule has 44 heavy (non-hydrogen) atoms. The van der Waals surface area contributed by atoms with Crippen molar-refractivity contribution < 1.29 is 60.0 Å². The van der Waals surface area contributed by atoms with E-state index in [0.717, 1.165) is 0 Å². The summed E-state index contributed by atoms with van der Waals surface area (Å²) < 4.78 is 116. The minimum atomic E-state index is -4.84. The Hall–Kier alpha value is -3.80. The first-order chi connectivity index (χ1) is 20.7. The average Bonchev–Trinajstić information content (AvgIpc) is 2.96. The monoisotopic (exact) mass is 694 g/mol. The molecule has 0 spiro atoms. The van der Waals surface area contributed by atoms with E-state index in [4.69, 9.17) is 11.1 Å². The normalized spacial score (nSPS) is 11.9. The summed E-state index contributed by atoms with van der Waals surface area (Å²) in [6.45, 7) is 0. The third-order valence-corrected chi connectivity index (χ3v) is 10.0. The second-order valence-corrected chi connectivity index (χ2v) is 15.2.